The highest BCUT2D eigenvalue weighted by atomic mass is 16.4. The van der Waals surface area contributed by atoms with Crippen LogP contribution in [0, 0.1) is 10.8 Å². The van der Waals surface area contributed by atoms with E-state index in [4.69, 9.17) is 5.11 Å². The van der Waals surface area contributed by atoms with Gasteiger partial charge >= 0.3 is 5.97 Å². The lowest BCUT2D eigenvalue weighted by atomic mass is 9.52. The Morgan fingerprint density at radius 1 is 1.13 bits per heavy atom. The molecule has 0 radical (unpaired) electrons. The summed E-state index contributed by atoms with van der Waals surface area (Å²) in [5, 5.41) is 8.93. The Kier molecular flexibility index (Phi) is 2.61. The van der Waals surface area contributed by atoms with Crippen LogP contribution in [0.1, 0.15) is 51.4 Å². The summed E-state index contributed by atoms with van der Waals surface area (Å²) < 4.78 is 0. The Bertz CT molecular complexity index is 256. The lowest BCUT2D eigenvalue weighted by Gasteiger charge is -2.53. The van der Waals surface area contributed by atoms with Crippen molar-refractivity contribution in [2.75, 3.05) is 0 Å². The summed E-state index contributed by atoms with van der Waals surface area (Å²) in [5.41, 5.74) is 0.636. The fourth-order valence-electron chi connectivity index (χ4n) is 3.54. The first-order valence-corrected chi connectivity index (χ1v) is 5.93. The predicted molar refractivity (Wildman–Crippen MR) is 59.6 cm³/mol. The second kappa shape index (κ2) is 3.66. The SMILES string of the molecule is C=CCC12CCC(CC(=O)O)(CC1)CC2. The molecule has 0 aromatic rings. The van der Waals surface area contributed by atoms with Gasteiger partial charge < -0.3 is 5.11 Å². The van der Waals surface area contributed by atoms with Crippen molar-refractivity contribution in [1.29, 1.82) is 0 Å². The molecule has 0 aromatic carbocycles. The first kappa shape index (κ1) is 10.7. The summed E-state index contributed by atoms with van der Waals surface area (Å²) in [6, 6.07) is 0. The fourth-order valence-corrected chi connectivity index (χ4v) is 3.54. The molecular weight excluding hydrogens is 188 g/mol. The van der Waals surface area contributed by atoms with Crippen molar-refractivity contribution in [3.8, 4) is 0 Å². The van der Waals surface area contributed by atoms with Crippen molar-refractivity contribution in [2.24, 2.45) is 10.8 Å². The monoisotopic (exact) mass is 208 g/mol. The molecule has 0 atom stereocenters. The van der Waals surface area contributed by atoms with E-state index >= 15 is 0 Å². The second-order valence-electron chi connectivity index (χ2n) is 5.56. The van der Waals surface area contributed by atoms with Crippen LogP contribution in [0.25, 0.3) is 0 Å². The Morgan fingerprint density at radius 2 is 1.60 bits per heavy atom. The van der Waals surface area contributed by atoms with Crippen molar-refractivity contribution in [3.63, 3.8) is 0 Å². The van der Waals surface area contributed by atoms with Crippen LogP contribution >= 0.6 is 0 Å². The predicted octanol–water partition coefficient (Wildman–Crippen LogP) is 3.38. The van der Waals surface area contributed by atoms with E-state index in [0.717, 1.165) is 25.7 Å². The van der Waals surface area contributed by atoms with E-state index in [1.54, 1.807) is 0 Å². The number of carboxylic acid groups (broad SMARTS) is 1. The highest BCUT2D eigenvalue weighted by molar-refractivity contribution is 5.67. The van der Waals surface area contributed by atoms with Crippen LogP contribution in [0.4, 0.5) is 0 Å². The van der Waals surface area contributed by atoms with Crippen molar-refractivity contribution < 1.29 is 9.90 Å². The molecule has 0 heterocycles. The summed E-state index contributed by atoms with van der Waals surface area (Å²) >= 11 is 0. The van der Waals surface area contributed by atoms with Gasteiger partial charge in [0.25, 0.3) is 0 Å². The molecule has 0 unspecified atom stereocenters. The molecule has 3 saturated carbocycles. The van der Waals surface area contributed by atoms with Gasteiger partial charge in [-0.25, -0.2) is 0 Å². The van der Waals surface area contributed by atoms with Gasteiger partial charge in [0.15, 0.2) is 0 Å². The average Bonchev–Trinajstić information content (AvgIpc) is 2.20. The third kappa shape index (κ3) is 1.95. The largest absolute Gasteiger partial charge is 0.481 e. The molecule has 84 valence electrons. The number of hydrogen-bond donors (Lipinski definition) is 1. The molecule has 15 heavy (non-hydrogen) atoms. The maximum Gasteiger partial charge on any atom is 0.303 e. The van der Waals surface area contributed by atoms with Crippen LogP contribution in [0.3, 0.4) is 0 Å². The molecule has 0 aliphatic heterocycles. The fraction of sp³-hybridized carbons (Fsp3) is 0.769. The Morgan fingerprint density at radius 3 is 2.00 bits per heavy atom. The summed E-state index contributed by atoms with van der Waals surface area (Å²) in [6.07, 6.45) is 10.5. The van der Waals surface area contributed by atoms with Gasteiger partial charge in [-0.3, -0.25) is 4.79 Å². The quantitative estimate of drug-likeness (QED) is 0.719. The molecule has 0 spiro atoms. The summed E-state index contributed by atoms with van der Waals surface area (Å²) in [5.74, 6) is -0.617. The number of carbonyl (C=O) groups is 1. The maximum atomic E-state index is 10.8. The standard InChI is InChI=1S/C13H20O2/c1-2-3-12-4-7-13(8-5-12,9-6-12)10-11(14)15/h2H,1,3-10H2,(H,14,15). The van der Waals surface area contributed by atoms with Gasteiger partial charge in [0.1, 0.15) is 0 Å². The number of hydrogen-bond acceptors (Lipinski definition) is 1. The van der Waals surface area contributed by atoms with Crippen LogP contribution in [-0.4, -0.2) is 11.1 Å². The van der Waals surface area contributed by atoms with E-state index in [-0.39, 0.29) is 5.41 Å². The highest BCUT2D eigenvalue weighted by Gasteiger charge is 2.48. The molecule has 3 aliphatic carbocycles. The van der Waals surface area contributed by atoms with Gasteiger partial charge in [0.2, 0.25) is 0 Å². The van der Waals surface area contributed by atoms with Crippen LogP contribution in [0.15, 0.2) is 12.7 Å². The van der Waals surface area contributed by atoms with E-state index in [0.29, 0.717) is 11.8 Å². The second-order valence-corrected chi connectivity index (χ2v) is 5.56. The molecule has 0 amide bonds. The van der Waals surface area contributed by atoms with E-state index in [1.807, 2.05) is 6.08 Å². The molecule has 3 aliphatic rings. The number of aliphatic carboxylic acids is 1. The molecule has 0 aromatic heterocycles. The van der Waals surface area contributed by atoms with Gasteiger partial charge in [0, 0.05) is 0 Å². The van der Waals surface area contributed by atoms with E-state index in [2.05, 4.69) is 6.58 Å². The Hall–Kier alpha value is -0.790. The smallest absolute Gasteiger partial charge is 0.303 e. The molecule has 2 heteroatoms. The van der Waals surface area contributed by atoms with Crippen LogP contribution in [0.2, 0.25) is 0 Å². The normalized spacial score (nSPS) is 38.9. The topological polar surface area (TPSA) is 37.3 Å². The zero-order valence-corrected chi connectivity index (χ0v) is 9.30. The first-order chi connectivity index (χ1) is 7.10. The molecule has 2 nitrogen and oxygen atoms in total. The van der Waals surface area contributed by atoms with Gasteiger partial charge in [-0.1, -0.05) is 6.08 Å². The summed E-state index contributed by atoms with van der Waals surface area (Å²) in [6.45, 7) is 3.84. The molecular formula is C13H20O2. The lowest BCUT2D eigenvalue weighted by Crippen LogP contribution is -2.42. The minimum atomic E-state index is -0.617. The van der Waals surface area contributed by atoms with Crippen LogP contribution in [0.5, 0.6) is 0 Å². The van der Waals surface area contributed by atoms with Crippen molar-refractivity contribution in [2.45, 2.75) is 51.4 Å². The Labute approximate surface area is 91.4 Å². The molecule has 3 fully saturated rings. The third-order valence-electron chi connectivity index (χ3n) is 4.66. The van der Waals surface area contributed by atoms with Gasteiger partial charge in [-0.2, -0.15) is 0 Å². The highest BCUT2D eigenvalue weighted by Crippen LogP contribution is 2.59. The van der Waals surface area contributed by atoms with E-state index in [1.165, 1.54) is 19.3 Å². The molecule has 2 bridgehead atoms. The zero-order chi connectivity index (χ0) is 10.9. The maximum absolute atomic E-state index is 10.8. The minimum Gasteiger partial charge on any atom is -0.481 e. The van der Waals surface area contributed by atoms with E-state index < -0.39 is 5.97 Å². The summed E-state index contributed by atoms with van der Waals surface area (Å²) in [7, 11) is 0. The Balaban J connectivity index is 2.03. The minimum absolute atomic E-state index is 0.148. The molecule has 1 N–H and O–H groups in total. The average molecular weight is 208 g/mol. The third-order valence-corrected chi connectivity index (χ3v) is 4.66. The van der Waals surface area contributed by atoms with Crippen molar-refractivity contribution >= 4 is 5.97 Å². The number of rotatable bonds is 4. The number of fused-ring (bicyclic) bond motifs is 3. The number of allylic oxidation sites excluding steroid dienone is 1. The number of carboxylic acids is 1. The van der Waals surface area contributed by atoms with Gasteiger partial charge in [-0.05, 0) is 55.8 Å². The summed E-state index contributed by atoms with van der Waals surface area (Å²) in [4.78, 5) is 10.8. The van der Waals surface area contributed by atoms with Crippen LogP contribution < -0.4 is 0 Å². The lowest BCUT2D eigenvalue weighted by molar-refractivity contribution is -0.143. The van der Waals surface area contributed by atoms with Crippen molar-refractivity contribution in [3.05, 3.63) is 12.7 Å². The van der Waals surface area contributed by atoms with Crippen molar-refractivity contribution in [1.82, 2.24) is 0 Å². The first-order valence-electron chi connectivity index (χ1n) is 5.93. The van der Waals surface area contributed by atoms with Gasteiger partial charge in [0.05, 0.1) is 6.42 Å². The molecule has 3 rings (SSSR count). The zero-order valence-electron chi connectivity index (χ0n) is 9.30. The molecule has 0 saturated heterocycles. The van der Waals surface area contributed by atoms with Gasteiger partial charge in [-0.15, -0.1) is 6.58 Å². The van der Waals surface area contributed by atoms with E-state index in [9.17, 15) is 4.79 Å². The van der Waals surface area contributed by atoms with Crippen LogP contribution in [-0.2, 0) is 4.79 Å².